The number of thioether (sulfide) groups is 1. The lowest BCUT2D eigenvalue weighted by molar-refractivity contribution is -0.138. The van der Waals surface area contributed by atoms with Gasteiger partial charge in [0, 0.05) is 18.9 Å². The molecule has 36 heavy (non-hydrogen) atoms. The van der Waals surface area contributed by atoms with E-state index in [1.165, 1.54) is 37.1 Å². The van der Waals surface area contributed by atoms with Gasteiger partial charge in [0.05, 0.1) is 35.8 Å². The van der Waals surface area contributed by atoms with E-state index in [9.17, 15) is 18.0 Å². The van der Waals surface area contributed by atoms with E-state index in [0.717, 1.165) is 12.1 Å². The molecule has 184 valence electrons. The highest BCUT2D eigenvalue weighted by Gasteiger charge is 2.35. The lowest BCUT2D eigenvalue weighted by Crippen LogP contribution is -2.23. The van der Waals surface area contributed by atoms with Gasteiger partial charge in [0.15, 0.2) is 16.7 Å². The quantitative estimate of drug-likeness (QED) is 0.452. The second kappa shape index (κ2) is 10.6. The Bertz CT molecular complexity index is 1380. The van der Waals surface area contributed by atoms with Crippen molar-refractivity contribution < 1.29 is 27.4 Å². The Balaban J connectivity index is 1.48. The highest BCUT2D eigenvalue weighted by atomic mass is 32.2. The second-order valence-corrected chi connectivity index (χ2v) is 8.39. The van der Waals surface area contributed by atoms with E-state index in [1.54, 1.807) is 29.1 Å². The lowest BCUT2D eigenvalue weighted by atomic mass is 10.1. The van der Waals surface area contributed by atoms with Gasteiger partial charge >= 0.3 is 6.18 Å². The molecule has 0 saturated heterocycles. The summed E-state index contributed by atoms with van der Waals surface area (Å²) < 4.78 is 53.0. The van der Waals surface area contributed by atoms with Gasteiger partial charge in [-0.1, -0.05) is 6.07 Å². The van der Waals surface area contributed by atoms with Crippen molar-refractivity contribution in [3.63, 3.8) is 0 Å². The van der Waals surface area contributed by atoms with E-state index >= 15 is 0 Å². The van der Waals surface area contributed by atoms with Crippen molar-refractivity contribution in [2.45, 2.75) is 12.7 Å². The normalized spacial score (nSPS) is 14.5. The number of nitriles is 1. The van der Waals surface area contributed by atoms with Crippen molar-refractivity contribution in [3.05, 3.63) is 76.5 Å². The zero-order valence-electron chi connectivity index (χ0n) is 18.7. The Kier molecular flexibility index (Phi) is 7.30. The van der Waals surface area contributed by atoms with Crippen LogP contribution in [0, 0.1) is 11.3 Å². The average Bonchev–Trinajstić information content (AvgIpc) is 3.49. The minimum atomic E-state index is -4.72. The summed E-state index contributed by atoms with van der Waals surface area (Å²) in [7, 11) is 1.35. The molecular formula is C24H18F3N5O3S. The summed E-state index contributed by atoms with van der Waals surface area (Å²) >= 11 is 1.18. The van der Waals surface area contributed by atoms with Crippen molar-refractivity contribution >= 4 is 28.9 Å². The molecule has 1 aromatic heterocycles. The molecule has 0 atom stereocenters. The van der Waals surface area contributed by atoms with Crippen LogP contribution in [-0.2, 0) is 17.5 Å². The maximum atomic E-state index is 13.5. The standard InChI is InChI=1S/C24H18F3N5O3S/c1-34-20-12-15(13-21-22(33)31-23(36-21)29-8-10-32-9-2-7-30-32)3-6-19(20)35-18-5-4-16(14-28)11-17(18)24(25,26)27/h2-7,9,11-13H,8,10H2,1H3,(H,29,31,33). The fourth-order valence-corrected chi connectivity index (χ4v) is 4.07. The summed E-state index contributed by atoms with van der Waals surface area (Å²) in [4.78, 5) is 16.7. The van der Waals surface area contributed by atoms with E-state index < -0.39 is 23.4 Å². The van der Waals surface area contributed by atoms with Crippen LogP contribution in [-0.4, -0.2) is 34.5 Å². The number of carbonyl (C=O) groups excluding carboxylic acids is 1. The molecule has 0 aliphatic carbocycles. The smallest absolute Gasteiger partial charge is 0.420 e. The molecule has 0 spiro atoms. The highest BCUT2D eigenvalue weighted by molar-refractivity contribution is 8.18. The van der Waals surface area contributed by atoms with Gasteiger partial charge in [-0.25, -0.2) is 0 Å². The number of aromatic nitrogens is 2. The summed E-state index contributed by atoms with van der Waals surface area (Å²) in [6.45, 7) is 1.14. The highest BCUT2D eigenvalue weighted by Crippen LogP contribution is 2.41. The van der Waals surface area contributed by atoms with Gasteiger partial charge in [0.1, 0.15) is 5.75 Å². The molecule has 0 unspecified atom stereocenters. The number of alkyl halides is 3. The monoisotopic (exact) mass is 513 g/mol. The lowest BCUT2D eigenvalue weighted by Gasteiger charge is -2.16. The first-order chi connectivity index (χ1) is 17.3. The number of nitrogens with one attached hydrogen (secondary N) is 1. The first-order valence-electron chi connectivity index (χ1n) is 10.5. The van der Waals surface area contributed by atoms with Crippen LogP contribution in [0.4, 0.5) is 13.2 Å². The van der Waals surface area contributed by atoms with Crippen LogP contribution < -0.4 is 14.8 Å². The van der Waals surface area contributed by atoms with Crippen molar-refractivity contribution in [3.8, 4) is 23.3 Å². The second-order valence-electron chi connectivity index (χ2n) is 7.36. The van der Waals surface area contributed by atoms with E-state index in [0.29, 0.717) is 28.7 Å². The first-order valence-corrected chi connectivity index (χ1v) is 11.3. The number of benzene rings is 2. The van der Waals surface area contributed by atoms with Crippen LogP contribution >= 0.6 is 11.8 Å². The number of hydrogen-bond donors (Lipinski definition) is 1. The van der Waals surface area contributed by atoms with Crippen LogP contribution in [0.25, 0.3) is 6.08 Å². The Morgan fingerprint density at radius 3 is 2.69 bits per heavy atom. The minimum absolute atomic E-state index is 0.0393. The third-order valence-corrected chi connectivity index (χ3v) is 5.86. The fourth-order valence-electron chi connectivity index (χ4n) is 3.23. The Morgan fingerprint density at radius 2 is 2.00 bits per heavy atom. The largest absolute Gasteiger partial charge is 0.493 e. The maximum absolute atomic E-state index is 13.5. The van der Waals surface area contributed by atoms with E-state index in [1.807, 2.05) is 12.3 Å². The molecule has 0 saturated carbocycles. The number of methoxy groups -OCH3 is 1. The molecule has 8 nitrogen and oxygen atoms in total. The number of rotatable bonds is 7. The van der Waals surface area contributed by atoms with Crippen LogP contribution in [0.2, 0.25) is 0 Å². The van der Waals surface area contributed by atoms with E-state index in [-0.39, 0.29) is 17.1 Å². The topological polar surface area (TPSA) is 102 Å². The molecule has 0 bridgehead atoms. The van der Waals surface area contributed by atoms with Gasteiger partial charge in [-0.2, -0.15) is 28.5 Å². The van der Waals surface area contributed by atoms with Crippen molar-refractivity contribution in [2.24, 2.45) is 4.99 Å². The molecule has 12 heteroatoms. The molecule has 0 fully saturated rings. The molecule has 2 heterocycles. The Labute approximate surface area is 208 Å². The third kappa shape index (κ3) is 5.87. The molecule has 4 rings (SSSR count). The average molecular weight is 514 g/mol. The van der Waals surface area contributed by atoms with Gasteiger partial charge in [0.25, 0.3) is 5.91 Å². The van der Waals surface area contributed by atoms with Crippen LogP contribution in [0.5, 0.6) is 17.2 Å². The van der Waals surface area contributed by atoms with Crippen LogP contribution in [0.3, 0.4) is 0 Å². The molecule has 1 aliphatic rings. The van der Waals surface area contributed by atoms with Crippen molar-refractivity contribution in [2.75, 3.05) is 13.7 Å². The molecule has 0 radical (unpaired) electrons. The third-order valence-electron chi connectivity index (χ3n) is 4.92. The molecular weight excluding hydrogens is 495 g/mol. The number of halogens is 3. The molecule has 1 N–H and O–H groups in total. The number of amidine groups is 1. The summed E-state index contributed by atoms with van der Waals surface area (Å²) in [5, 5.41) is 16.6. The zero-order valence-corrected chi connectivity index (χ0v) is 19.6. The number of ether oxygens (including phenoxy) is 2. The molecule has 2 aromatic carbocycles. The van der Waals surface area contributed by atoms with E-state index in [4.69, 9.17) is 14.7 Å². The summed E-state index contributed by atoms with van der Waals surface area (Å²) in [6.07, 6.45) is 0.391. The Hall–Kier alpha value is -4.24. The number of nitrogens with zero attached hydrogens (tertiary/aromatic N) is 4. The van der Waals surface area contributed by atoms with Crippen LogP contribution in [0.15, 0.2) is 64.8 Å². The molecule has 1 amide bonds. The van der Waals surface area contributed by atoms with Gasteiger partial charge < -0.3 is 14.8 Å². The van der Waals surface area contributed by atoms with Gasteiger partial charge in [0.2, 0.25) is 0 Å². The zero-order chi connectivity index (χ0) is 25.7. The predicted octanol–water partition coefficient (Wildman–Crippen LogP) is 4.83. The summed E-state index contributed by atoms with van der Waals surface area (Å²) in [5.74, 6) is -0.673. The predicted molar refractivity (Wildman–Crippen MR) is 127 cm³/mol. The minimum Gasteiger partial charge on any atom is -0.493 e. The summed E-state index contributed by atoms with van der Waals surface area (Å²) in [6, 6.07) is 11.1. The van der Waals surface area contributed by atoms with Gasteiger partial charge in [-0.05, 0) is 59.8 Å². The fraction of sp³-hybridized carbons (Fsp3) is 0.167. The number of carbonyl (C=O) groups is 1. The number of amides is 1. The van der Waals surface area contributed by atoms with Crippen molar-refractivity contribution in [1.29, 1.82) is 5.26 Å². The summed E-state index contributed by atoms with van der Waals surface area (Å²) in [5.41, 5.74) is -0.647. The van der Waals surface area contributed by atoms with Crippen molar-refractivity contribution in [1.82, 2.24) is 15.1 Å². The van der Waals surface area contributed by atoms with Crippen LogP contribution in [0.1, 0.15) is 16.7 Å². The van der Waals surface area contributed by atoms with Gasteiger partial charge in [-0.3, -0.25) is 9.48 Å². The Morgan fingerprint density at radius 1 is 1.19 bits per heavy atom. The first kappa shape index (κ1) is 24.9. The number of aliphatic imine (C=N–C) groups is 1. The van der Waals surface area contributed by atoms with Gasteiger partial charge in [-0.15, -0.1) is 0 Å². The maximum Gasteiger partial charge on any atom is 0.420 e. The molecule has 1 aliphatic heterocycles. The SMILES string of the molecule is COc1cc(C=C2SC(NCCn3cccn3)=NC2=O)ccc1Oc1ccc(C#N)cc1C(F)(F)F. The number of hydrogen-bond acceptors (Lipinski definition) is 7. The molecule has 3 aromatic rings. The van der Waals surface area contributed by atoms with E-state index in [2.05, 4.69) is 15.4 Å².